The van der Waals surface area contributed by atoms with Crippen LogP contribution in [0.15, 0.2) is 12.1 Å². The Hall–Kier alpha value is -0.940. The minimum absolute atomic E-state index is 0.135. The summed E-state index contributed by atoms with van der Waals surface area (Å²) < 4.78 is 36.9. The van der Waals surface area contributed by atoms with Crippen LogP contribution in [-0.4, -0.2) is 11.3 Å². The Morgan fingerprint density at radius 1 is 1.40 bits per heavy atom. The molecule has 15 heavy (non-hydrogen) atoms. The number of phenols is 1. The van der Waals surface area contributed by atoms with Crippen LogP contribution in [0.3, 0.4) is 0 Å². The summed E-state index contributed by atoms with van der Waals surface area (Å²) >= 11 is 5.54. The molecule has 1 atom stereocenters. The summed E-state index contributed by atoms with van der Waals surface area (Å²) in [7, 11) is 0. The lowest BCUT2D eigenvalue weighted by atomic mass is 10.0. The Bertz CT molecular complexity index is 378. The lowest BCUT2D eigenvalue weighted by Crippen LogP contribution is -2.28. The lowest BCUT2D eigenvalue weighted by molar-refractivity contribution is -0.149. The van der Waals surface area contributed by atoms with Crippen molar-refractivity contribution in [1.29, 1.82) is 0 Å². The molecule has 1 aromatic rings. The first-order valence-electron chi connectivity index (χ1n) is 4.04. The first-order valence-corrected chi connectivity index (χ1v) is 4.42. The number of aromatic hydroxyl groups is 1. The SMILES string of the molecule is Cc1cc(Cl)c(O)c([C@@H](N)C(F)(F)F)c1. The topological polar surface area (TPSA) is 46.2 Å². The highest BCUT2D eigenvalue weighted by Gasteiger charge is 2.39. The summed E-state index contributed by atoms with van der Waals surface area (Å²) in [6.07, 6.45) is -4.60. The van der Waals surface area contributed by atoms with Gasteiger partial charge in [-0.25, -0.2) is 0 Å². The van der Waals surface area contributed by atoms with Crippen molar-refractivity contribution in [2.24, 2.45) is 5.73 Å². The second kappa shape index (κ2) is 3.90. The summed E-state index contributed by atoms with van der Waals surface area (Å²) in [6.45, 7) is 1.57. The summed E-state index contributed by atoms with van der Waals surface area (Å²) in [5.74, 6) is -0.618. The average Bonchev–Trinajstić information content (AvgIpc) is 2.08. The highest BCUT2D eigenvalue weighted by molar-refractivity contribution is 6.32. The maximum atomic E-state index is 12.3. The number of hydrogen-bond acceptors (Lipinski definition) is 2. The molecule has 0 spiro atoms. The molecule has 1 rings (SSSR count). The molecule has 6 heteroatoms. The molecule has 0 aliphatic rings. The fourth-order valence-electron chi connectivity index (χ4n) is 1.17. The van der Waals surface area contributed by atoms with E-state index in [1.165, 1.54) is 12.1 Å². The van der Waals surface area contributed by atoms with Gasteiger partial charge in [-0.2, -0.15) is 13.2 Å². The molecule has 84 valence electrons. The van der Waals surface area contributed by atoms with Crippen molar-refractivity contribution in [3.8, 4) is 5.75 Å². The number of benzene rings is 1. The van der Waals surface area contributed by atoms with E-state index < -0.39 is 23.5 Å². The van der Waals surface area contributed by atoms with Crippen LogP contribution in [0, 0.1) is 6.92 Å². The van der Waals surface area contributed by atoms with Gasteiger partial charge < -0.3 is 10.8 Å². The van der Waals surface area contributed by atoms with Gasteiger partial charge in [-0.3, -0.25) is 0 Å². The van der Waals surface area contributed by atoms with Gasteiger partial charge in [-0.15, -0.1) is 0 Å². The van der Waals surface area contributed by atoms with E-state index in [2.05, 4.69) is 0 Å². The molecule has 0 unspecified atom stereocenters. The van der Waals surface area contributed by atoms with Gasteiger partial charge in [-0.1, -0.05) is 17.7 Å². The van der Waals surface area contributed by atoms with Crippen molar-refractivity contribution < 1.29 is 18.3 Å². The molecule has 0 fully saturated rings. The van der Waals surface area contributed by atoms with Crippen LogP contribution in [0.25, 0.3) is 0 Å². The van der Waals surface area contributed by atoms with E-state index in [9.17, 15) is 18.3 Å². The Kier molecular flexibility index (Phi) is 3.16. The predicted molar refractivity (Wildman–Crippen MR) is 50.8 cm³/mol. The number of aryl methyl sites for hydroxylation is 1. The molecule has 0 aliphatic heterocycles. The van der Waals surface area contributed by atoms with Gasteiger partial charge in [0.2, 0.25) is 0 Å². The number of rotatable bonds is 1. The summed E-state index contributed by atoms with van der Waals surface area (Å²) in [5, 5.41) is 9.21. The Morgan fingerprint density at radius 2 is 1.93 bits per heavy atom. The third-order valence-electron chi connectivity index (χ3n) is 1.92. The highest BCUT2D eigenvalue weighted by atomic mass is 35.5. The molecule has 0 aliphatic carbocycles. The van der Waals surface area contributed by atoms with E-state index in [0.717, 1.165) is 0 Å². The van der Waals surface area contributed by atoms with Gasteiger partial charge in [-0.05, 0) is 18.6 Å². The smallest absolute Gasteiger partial charge is 0.407 e. The molecule has 0 amide bonds. The summed E-state index contributed by atoms with van der Waals surface area (Å²) in [5.41, 5.74) is 5.06. The van der Waals surface area contributed by atoms with Crippen LogP contribution in [-0.2, 0) is 0 Å². The van der Waals surface area contributed by atoms with Crippen LogP contribution in [0.5, 0.6) is 5.75 Å². The molecule has 3 N–H and O–H groups in total. The number of alkyl halides is 3. The Morgan fingerprint density at radius 3 is 2.40 bits per heavy atom. The second-order valence-corrected chi connectivity index (χ2v) is 3.61. The predicted octanol–water partition coefficient (Wildman–Crippen LogP) is 2.92. The molecule has 0 aromatic heterocycles. The maximum Gasteiger partial charge on any atom is 0.407 e. The number of hydrogen-bond donors (Lipinski definition) is 2. The van der Waals surface area contributed by atoms with Crippen molar-refractivity contribution in [1.82, 2.24) is 0 Å². The highest BCUT2D eigenvalue weighted by Crippen LogP contribution is 2.38. The third-order valence-corrected chi connectivity index (χ3v) is 2.21. The van der Waals surface area contributed by atoms with Crippen molar-refractivity contribution in [3.05, 3.63) is 28.3 Å². The molecular weight excluding hydrogens is 231 g/mol. The third kappa shape index (κ3) is 2.54. The minimum atomic E-state index is -4.60. The zero-order valence-electron chi connectivity index (χ0n) is 7.77. The van der Waals surface area contributed by atoms with Gasteiger partial charge in [0, 0.05) is 5.56 Å². The summed E-state index contributed by atoms with van der Waals surface area (Å²) in [6, 6.07) is 0.304. The van der Waals surface area contributed by atoms with E-state index in [-0.39, 0.29) is 5.02 Å². The van der Waals surface area contributed by atoms with Gasteiger partial charge in [0.25, 0.3) is 0 Å². The number of halogens is 4. The number of phenolic OH excluding ortho intramolecular Hbond substituents is 1. The molecule has 1 aromatic carbocycles. The van der Waals surface area contributed by atoms with Gasteiger partial charge in [0.15, 0.2) is 0 Å². The molecule has 0 radical (unpaired) electrons. The van der Waals surface area contributed by atoms with E-state index in [1.807, 2.05) is 0 Å². The van der Waals surface area contributed by atoms with E-state index in [4.69, 9.17) is 17.3 Å². The van der Waals surface area contributed by atoms with Gasteiger partial charge >= 0.3 is 6.18 Å². The zero-order chi connectivity index (χ0) is 11.8. The number of nitrogens with two attached hydrogens (primary N) is 1. The van der Waals surface area contributed by atoms with Crippen molar-refractivity contribution >= 4 is 11.6 Å². The largest absolute Gasteiger partial charge is 0.506 e. The van der Waals surface area contributed by atoms with E-state index in [0.29, 0.717) is 5.56 Å². The van der Waals surface area contributed by atoms with Crippen LogP contribution in [0.1, 0.15) is 17.2 Å². The standard InChI is InChI=1S/C9H9ClF3NO/c1-4-2-5(7(15)6(10)3-4)8(14)9(11,12)13/h2-3,8,15H,14H2,1H3/t8-/m1/s1. The summed E-state index contributed by atoms with van der Waals surface area (Å²) in [4.78, 5) is 0. The van der Waals surface area contributed by atoms with Crippen molar-refractivity contribution in [2.75, 3.05) is 0 Å². The van der Waals surface area contributed by atoms with Gasteiger partial charge in [0.1, 0.15) is 11.8 Å². The normalized spacial score (nSPS) is 14.0. The van der Waals surface area contributed by atoms with Crippen LogP contribution >= 0.6 is 11.6 Å². The monoisotopic (exact) mass is 239 g/mol. The maximum absolute atomic E-state index is 12.3. The lowest BCUT2D eigenvalue weighted by Gasteiger charge is -2.18. The second-order valence-electron chi connectivity index (χ2n) is 3.20. The van der Waals surface area contributed by atoms with E-state index in [1.54, 1.807) is 6.92 Å². The Balaban J connectivity index is 3.25. The minimum Gasteiger partial charge on any atom is -0.506 e. The fraction of sp³-hybridized carbons (Fsp3) is 0.333. The molecule has 0 bridgehead atoms. The zero-order valence-corrected chi connectivity index (χ0v) is 8.52. The molecule has 2 nitrogen and oxygen atoms in total. The van der Waals surface area contributed by atoms with Crippen molar-refractivity contribution in [2.45, 2.75) is 19.1 Å². The quantitative estimate of drug-likeness (QED) is 0.792. The first kappa shape index (κ1) is 12.1. The average molecular weight is 240 g/mol. The van der Waals surface area contributed by atoms with E-state index >= 15 is 0 Å². The van der Waals surface area contributed by atoms with Crippen LogP contribution < -0.4 is 5.73 Å². The molecule has 0 saturated carbocycles. The molecule has 0 heterocycles. The fourth-order valence-corrected chi connectivity index (χ4v) is 1.46. The van der Waals surface area contributed by atoms with Crippen LogP contribution in [0.4, 0.5) is 13.2 Å². The van der Waals surface area contributed by atoms with Crippen molar-refractivity contribution in [3.63, 3.8) is 0 Å². The van der Waals surface area contributed by atoms with Crippen LogP contribution in [0.2, 0.25) is 5.02 Å². The molecule has 0 saturated heterocycles. The van der Waals surface area contributed by atoms with Gasteiger partial charge in [0.05, 0.1) is 5.02 Å². The Labute approximate surface area is 89.5 Å². The first-order chi connectivity index (χ1) is 6.73. The molecular formula is C9H9ClF3NO.